The molecule has 27 heavy (non-hydrogen) atoms. The Kier molecular flexibility index (Phi) is 4.88. The predicted molar refractivity (Wildman–Crippen MR) is 105 cm³/mol. The van der Waals surface area contributed by atoms with E-state index in [4.69, 9.17) is 28.2 Å². The number of hydrogen-bond donors (Lipinski definition) is 0. The lowest BCUT2D eigenvalue weighted by Gasteiger charge is -2.33. The van der Waals surface area contributed by atoms with Crippen molar-refractivity contribution in [3.63, 3.8) is 0 Å². The second-order valence-corrected chi connectivity index (χ2v) is 7.34. The molecule has 1 amide bonds. The average molecular weight is 405 g/mol. The van der Waals surface area contributed by atoms with E-state index < -0.39 is 0 Å². The fraction of sp³-hybridized carbons (Fsp3) is 0.333. The molecular formula is C18H18Cl2N6O. The maximum absolute atomic E-state index is 10.9. The Morgan fingerprint density at radius 2 is 1.93 bits per heavy atom. The summed E-state index contributed by atoms with van der Waals surface area (Å²) in [5, 5.41) is 5.66. The van der Waals surface area contributed by atoms with Gasteiger partial charge in [-0.25, -0.2) is 14.6 Å². The summed E-state index contributed by atoms with van der Waals surface area (Å²) in [7, 11) is 0. The van der Waals surface area contributed by atoms with Gasteiger partial charge in [-0.2, -0.15) is 5.10 Å². The van der Waals surface area contributed by atoms with Crippen molar-refractivity contribution >= 4 is 46.6 Å². The van der Waals surface area contributed by atoms with Gasteiger partial charge in [-0.1, -0.05) is 29.3 Å². The van der Waals surface area contributed by atoms with Crippen LogP contribution in [0.4, 0.5) is 5.82 Å². The highest BCUT2D eigenvalue weighted by molar-refractivity contribution is 6.35. The number of rotatable bonds is 4. The van der Waals surface area contributed by atoms with Crippen LogP contribution < -0.4 is 4.90 Å². The molecule has 0 bridgehead atoms. The van der Waals surface area contributed by atoms with Gasteiger partial charge in [-0.05, 0) is 24.6 Å². The second kappa shape index (κ2) is 7.32. The quantitative estimate of drug-likeness (QED) is 0.625. The van der Waals surface area contributed by atoms with Crippen LogP contribution in [0, 0.1) is 0 Å². The van der Waals surface area contributed by atoms with Crippen LogP contribution in [-0.2, 0) is 4.79 Å². The molecule has 1 aliphatic rings. The van der Waals surface area contributed by atoms with Crippen molar-refractivity contribution in [2.45, 2.75) is 13.0 Å². The third kappa shape index (κ3) is 3.44. The fourth-order valence-corrected chi connectivity index (χ4v) is 3.84. The zero-order valence-electron chi connectivity index (χ0n) is 14.7. The van der Waals surface area contributed by atoms with E-state index >= 15 is 0 Å². The van der Waals surface area contributed by atoms with E-state index in [0.717, 1.165) is 36.4 Å². The van der Waals surface area contributed by atoms with Gasteiger partial charge in [0.05, 0.1) is 18.4 Å². The molecule has 0 unspecified atom stereocenters. The normalized spacial score (nSPS) is 16.0. The summed E-state index contributed by atoms with van der Waals surface area (Å²) in [5.41, 5.74) is 2.34. The third-order valence-corrected chi connectivity index (χ3v) is 5.42. The number of anilines is 1. The Balaban J connectivity index is 1.67. The number of aromatic nitrogens is 4. The molecule has 0 N–H and O–H groups in total. The fourth-order valence-electron chi connectivity index (χ4n) is 3.28. The van der Waals surface area contributed by atoms with Gasteiger partial charge >= 0.3 is 0 Å². The van der Waals surface area contributed by atoms with Crippen LogP contribution in [0.5, 0.6) is 0 Å². The molecule has 0 spiro atoms. The minimum atomic E-state index is -0.122. The summed E-state index contributed by atoms with van der Waals surface area (Å²) in [6.07, 6.45) is 4.35. The van der Waals surface area contributed by atoms with E-state index in [-0.39, 0.29) is 6.04 Å². The van der Waals surface area contributed by atoms with Crippen LogP contribution in [0.1, 0.15) is 18.5 Å². The Morgan fingerprint density at radius 3 is 2.63 bits per heavy atom. The van der Waals surface area contributed by atoms with Gasteiger partial charge in [-0.3, -0.25) is 4.79 Å². The maximum atomic E-state index is 10.9. The first-order valence-electron chi connectivity index (χ1n) is 8.66. The molecule has 1 saturated heterocycles. The first-order chi connectivity index (χ1) is 13.1. The average Bonchev–Trinajstić information content (AvgIpc) is 3.11. The summed E-state index contributed by atoms with van der Waals surface area (Å²) >= 11 is 12.4. The van der Waals surface area contributed by atoms with Gasteiger partial charge in [-0.15, -0.1) is 0 Å². The molecule has 9 heteroatoms. The molecule has 0 radical (unpaired) electrons. The Morgan fingerprint density at radius 1 is 1.15 bits per heavy atom. The van der Waals surface area contributed by atoms with Crippen LogP contribution in [0.25, 0.3) is 11.2 Å². The summed E-state index contributed by atoms with van der Waals surface area (Å²) in [5.74, 6) is 0.782. The zero-order chi connectivity index (χ0) is 19.0. The number of nitrogens with zero attached hydrogens (tertiary/aromatic N) is 6. The number of hydrogen-bond acceptors (Lipinski definition) is 5. The monoisotopic (exact) mass is 404 g/mol. The first kappa shape index (κ1) is 18.0. The van der Waals surface area contributed by atoms with Crippen molar-refractivity contribution in [1.29, 1.82) is 0 Å². The highest BCUT2D eigenvalue weighted by atomic mass is 35.5. The van der Waals surface area contributed by atoms with E-state index in [2.05, 4.69) is 15.0 Å². The van der Waals surface area contributed by atoms with Crippen molar-refractivity contribution in [3.05, 3.63) is 46.2 Å². The molecular weight excluding hydrogens is 387 g/mol. The Hall–Kier alpha value is -2.38. The lowest BCUT2D eigenvalue weighted by Crippen LogP contribution is -2.46. The van der Waals surface area contributed by atoms with Crippen molar-refractivity contribution in [2.24, 2.45) is 0 Å². The van der Waals surface area contributed by atoms with Crippen molar-refractivity contribution in [2.75, 3.05) is 31.1 Å². The SMILES string of the molecule is C[C@H](c1ccc(Cl)cc1Cl)n1ncc2ncc(N3CCN(C=O)CC3)nc21. The summed E-state index contributed by atoms with van der Waals surface area (Å²) < 4.78 is 1.82. The van der Waals surface area contributed by atoms with Crippen LogP contribution in [0.3, 0.4) is 0 Å². The minimum absolute atomic E-state index is 0.122. The molecule has 140 valence electrons. The largest absolute Gasteiger partial charge is 0.352 e. The molecule has 4 rings (SSSR count). The Labute approximate surface area is 166 Å². The van der Waals surface area contributed by atoms with Crippen LogP contribution in [0.2, 0.25) is 10.0 Å². The smallest absolute Gasteiger partial charge is 0.209 e. The van der Waals surface area contributed by atoms with Gasteiger partial charge in [0.1, 0.15) is 11.3 Å². The summed E-state index contributed by atoms with van der Waals surface area (Å²) in [4.78, 5) is 24.1. The van der Waals surface area contributed by atoms with Crippen molar-refractivity contribution in [3.8, 4) is 0 Å². The predicted octanol–water partition coefficient (Wildman–Crippen LogP) is 3.02. The molecule has 7 nitrogen and oxygen atoms in total. The van der Waals surface area contributed by atoms with Gasteiger partial charge in [0, 0.05) is 36.2 Å². The molecule has 2 aromatic heterocycles. The number of halogens is 2. The number of piperazine rings is 1. The van der Waals surface area contributed by atoms with E-state index in [1.807, 2.05) is 23.7 Å². The molecule has 1 fully saturated rings. The molecule has 1 atom stereocenters. The second-order valence-electron chi connectivity index (χ2n) is 6.50. The molecule has 0 saturated carbocycles. The first-order valence-corrected chi connectivity index (χ1v) is 9.42. The molecule has 1 aliphatic heterocycles. The van der Waals surface area contributed by atoms with Crippen LogP contribution >= 0.6 is 23.2 Å². The van der Waals surface area contributed by atoms with Crippen molar-refractivity contribution in [1.82, 2.24) is 24.6 Å². The lowest BCUT2D eigenvalue weighted by molar-refractivity contribution is -0.118. The van der Waals surface area contributed by atoms with Gasteiger partial charge < -0.3 is 9.80 Å². The number of carbonyl (C=O) groups excluding carboxylic acids is 1. The zero-order valence-corrected chi connectivity index (χ0v) is 16.2. The van der Waals surface area contributed by atoms with E-state index in [1.165, 1.54) is 0 Å². The van der Waals surface area contributed by atoms with Crippen molar-refractivity contribution < 1.29 is 4.79 Å². The number of fused-ring (bicyclic) bond motifs is 1. The van der Waals surface area contributed by atoms with E-state index in [1.54, 1.807) is 23.4 Å². The van der Waals surface area contributed by atoms with Gasteiger partial charge in [0.15, 0.2) is 5.65 Å². The topological polar surface area (TPSA) is 67.2 Å². The molecule has 1 aromatic carbocycles. The minimum Gasteiger partial charge on any atom is -0.352 e. The van der Waals surface area contributed by atoms with Crippen LogP contribution in [0.15, 0.2) is 30.6 Å². The molecule has 3 heterocycles. The highest BCUT2D eigenvalue weighted by Gasteiger charge is 2.20. The summed E-state index contributed by atoms with van der Waals surface area (Å²) in [6, 6.07) is 5.32. The maximum Gasteiger partial charge on any atom is 0.209 e. The third-order valence-electron chi connectivity index (χ3n) is 4.86. The van der Waals surface area contributed by atoms with E-state index in [0.29, 0.717) is 28.8 Å². The number of amides is 1. The van der Waals surface area contributed by atoms with Crippen LogP contribution in [-0.4, -0.2) is 57.2 Å². The highest BCUT2D eigenvalue weighted by Crippen LogP contribution is 2.30. The molecule has 3 aromatic rings. The lowest BCUT2D eigenvalue weighted by atomic mass is 10.1. The van der Waals surface area contributed by atoms with Gasteiger partial charge in [0.25, 0.3) is 0 Å². The summed E-state index contributed by atoms with van der Waals surface area (Å²) in [6.45, 7) is 4.83. The Bertz CT molecular complexity index is 983. The van der Waals surface area contributed by atoms with E-state index in [9.17, 15) is 4.79 Å². The number of carbonyl (C=O) groups is 1. The number of benzene rings is 1. The standard InChI is InChI=1S/C18H18Cl2N6O/c1-12(14-3-2-13(19)8-15(14)20)26-18-16(9-22-26)21-10-17(23-18)25-6-4-24(11-27)5-7-25/h2-3,8-12H,4-7H2,1H3/t12-/m1/s1. The molecule has 0 aliphatic carbocycles. The van der Waals surface area contributed by atoms with Gasteiger partial charge in [0.2, 0.25) is 6.41 Å².